The molecule has 0 aliphatic carbocycles. The topological polar surface area (TPSA) is 101 Å². The van der Waals surface area contributed by atoms with Crippen molar-refractivity contribution in [1.82, 2.24) is 4.90 Å². The molecule has 1 aromatic carbocycles. The molecule has 0 radical (unpaired) electrons. The minimum absolute atomic E-state index is 0.0724. The Labute approximate surface area is 151 Å². The first-order valence-electron chi connectivity index (χ1n) is 8.12. The number of aliphatic carboxylic acids is 1. The zero-order valence-electron chi connectivity index (χ0n) is 15.2. The van der Waals surface area contributed by atoms with Crippen LogP contribution in [0.3, 0.4) is 0 Å². The van der Waals surface area contributed by atoms with E-state index in [0.717, 1.165) is 25.2 Å². The summed E-state index contributed by atoms with van der Waals surface area (Å²) in [4.78, 5) is 44.8. The summed E-state index contributed by atoms with van der Waals surface area (Å²) in [5.74, 6) is -2.77. The molecule has 0 saturated carbocycles. The molecule has 0 unspecified atom stereocenters. The number of nitrogens with zero attached hydrogens (tertiary/aromatic N) is 1. The lowest BCUT2D eigenvalue weighted by Gasteiger charge is -2.14. The number of carboxylic acid groups (broad SMARTS) is 1. The van der Waals surface area contributed by atoms with Crippen LogP contribution >= 0.6 is 0 Å². The Morgan fingerprint density at radius 1 is 1.08 bits per heavy atom. The molecule has 1 N–H and O–H groups in total. The smallest absolute Gasteiger partial charge is 0.317 e. The second kappa shape index (κ2) is 12.6. The number of Topliss-reactive ketones (excluding diaryl/α,β-unsaturated/α-hetero) is 1. The number of rotatable bonds is 8. The van der Waals surface area contributed by atoms with Gasteiger partial charge < -0.3 is 14.7 Å². The summed E-state index contributed by atoms with van der Waals surface area (Å²) in [6.45, 7) is 7.00. The molecule has 1 rings (SSSR count). The third kappa shape index (κ3) is 10.2. The summed E-state index contributed by atoms with van der Waals surface area (Å²) in [6.07, 6.45) is -0.804. The summed E-state index contributed by atoms with van der Waals surface area (Å²) >= 11 is 0. The van der Waals surface area contributed by atoms with Crippen LogP contribution in [0.1, 0.15) is 44.0 Å². The van der Waals surface area contributed by atoms with Gasteiger partial charge in [0.05, 0.1) is 6.61 Å². The second-order valence-corrected chi connectivity index (χ2v) is 5.16. The van der Waals surface area contributed by atoms with Crippen LogP contribution in [-0.4, -0.2) is 53.3 Å². The van der Waals surface area contributed by atoms with Crippen molar-refractivity contribution >= 4 is 23.6 Å². The SMILES string of the molecule is CCN(CC)C(C)=O.O=C(O)CC(=O)OCCC(=O)c1ccc(F)cc1. The minimum atomic E-state index is -1.29. The van der Waals surface area contributed by atoms with Crippen molar-refractivity contribution < 1.29 is 33.4 Å². The fourth-order valence-electron chi connectivity index (χ4n) is 1.88. The molecule has 0 saturated heterocycles. The maximum absolute atomic E-state index is 12.6. The van der Waals surface area contributed by atoms with E-state index in [4.69, 9.17) is 5.11 Å². The van der Waals surface area contributed by atoms with Gasteiger partial charge >= 0.3 is 11.9 Å². The maximum Gasteiger partial charge on any atom is 0.317 e. The van der Waals surface area contributed by atoms with Gasteiger partial charge in [-0.2, -0.15) is 0 Å². The fourth-order valence-corrected chi connectivity index (χ4v) is 1.88. The van der Waals surface area contributed by atoms with Gasteiger partial charge in [0.2, 0.25) is 5.91 Å². The number of carbonyl (C=O) groups excluding carboxylic acids is 3. The number of ether oxygens (including phenoxy) is 1. The van der Waals surface area contributed by atoms with Crippen molar-refractivity contribution in [3.63, 3.8) is 0 Å². The van der Waals surface area contributed by atoms with E-state index >= 15 is 0 Å². The molecule has 0 heterocycles. The van der Waals surface area contributed by atoms with Gasteiger partial charge in [0.1, 0.15) is 12.2 Å². The monoisotopic (exact) mass is 369 g/mol. The zero-order chi connectivity index (χ0) is 20.1. The summed E-state index contributed by atoms with van der Waals surface area (Å²) in [5, 5.41) is 8.29. The highest BCUT2D eigenvalue weighted by Crippen LogP contribution is 2.06. The number of ketones is 1. The van der Waals surface area contributed by atoms with Crippen LogP contribution in [0.4, 0.5) is 4.39 Å². The minimum Gasteiger partial charge on any atom is -0.481 e. The lowest BCUT2D eigenvalue weighted by molar-refractivity contribution is -0.151. The number of amides is 1. The fraction of sp³-hybridized carbons (Fsp3) is 0.444. The highest BCUT2D eigenvalue weighted by atomic mass is 19.1. The predicted molar refractivity (Wildman–Crippen MR) is 92.2 cm³/mol. The molecule has 0 atom stereocenters. The number of benzene rings is 1. The molecule has 144 valence electrons. The third-order valence-electron chi connectivity index (χ3n) is 3.26. The zero-order valence-corrected chi connectivity index (χ0v) is 15.2. The van der Waals surface area contributed by atoms with Crippen LogP contribution in [0.25, 0.3) is 0 Å². The summed E-state index contributed by atoms with van der Waals surface area (Å²) < 4.78 is 17.1. The molecule has 0 fully saturated rings. The Balaban J connectivity index is 0.000000660. The molecule has 0 bridgehead atoms. The van der Waals surface area contributed by atoms with Gasteiger partial charge in [-0.15, -0.1) is 0 Å². The third-order valence-corrected chi connectivity index (χ3v) is 3.26. The van der Waals surface area contributed by atoms with E-state index in [1.54, 1.807) is 11.8 Å². The Bertz CT molecular complexity index is 611. The van der Waals surface area contributed by atoms with E-state index < -0.39 is 24.2 Å². The first-order chi connectivity index (χ1) is 12.2. The molecule has 0 aliphatic rings. The normalized spacial score (nSPS) is 9.54. The van der Waals surface area contributed by atoms with Gasteiger partial charge in [-0.05, 0) is 38.1 Å². The standard InChI is InChI=1S/C12H11FO5.C6H13NO/c13-9-3-1-8(2-4-9)10(14)5-6-18-12(17)7-11(15)16;1-4-7(5-2)6(3)8/h1-4H,5-7H2,(H,15,16);4-5H2,1-3H3. The van der Waals surface area contributed by atoms with Crippen molar-refractivity contribution in [3.8, 4) is 0 Å². The molecular formula is C18H24FNO6. The molecule has 1 aromatic rings. The van der Waals surface area contributed by atoms with Gasteiger partial charge in [-0.3, -0.25) is 19.2 Å². The molecule has 1 amide bonds. The lowest BCUT2D eigenvalue weighted by atomic mass is 10.1. The molecule has 7 nitrogen and oxygen atoms in total. The van der Waals surface area contributed by atoms with E-state index in [2.05, 4.69) is 4.74 Å². The molecule has 26 heavy (non-hydrogen) atoms. The number of esters is 1. The molecule has 0 aliphatic heterocycles. The highest BCUT2D eigenvalue weighted by molar-refractivity contribution is 5.96. The molecular weight excluding hydrogens is 345 g/mol. The van der Waals surface area contributed by atoms with Gasteiger partial charge in [0.25, 0.3) is 0 Å². The van der Waals surface area contributed by atoms with Gasteiger partial charge in [0.15, 0.2) is 5.78 Å². The predicted octanol–water partition coefficient (Wildman–Crippen LogP) is 2.29. The molecule has 8 heteroatoms. The van der Waals surface area contributed by atoms with Gasteiger partial charge in [-0.25, -0.2) is 4.39 Å². The summed E-state index contributed by atoms with van der Waals surface area (Å²) in [7, 11) is 0. The maximum atomic E-state index is 12.6. The number of carboxylic acids is 1. The first-order valence-corrected chi connectivity index (χ1v) is 8.12. The van der Waals surface area contributed by atoms with Crippen molar-refractivity contribution in [1.29, 1.82) is 0 Å². The van der Waals surface area contributed by atoms with Crippen molar-refractivity contribution in [2.75, 3.05) is 19.7 Å². The van der Waals surface area contributed by atoms with Crippen LogP contribution < -0.4 is 0 Å². The highest BCUT2D eigenvalue weighted by Gasteiger charge is 2.11. The number of carbonyl (C=O) groups is 4. The number of hydrogen-bond donors (Lipinski definition) is 1. The van der Waals surface area contributed by atoms with Crippen LogP contribution in [-0.2, 0) is 19.1 Å². The average Bonchev–Trinajstić information content (AvgIpc) is 2.56. The number of halogens is 1. The Hall–Kier alpha value is -2.77. The van der Waals surface area contributed by atoms with Crippen molar-refractivity contribution in [2.24, 2.45) is 0 Å². The Morgan fingerprint density at radius 2 is 1.62 bits per heavy atom. The van der Waals surface area contributed by atoms with Crippen molar-refractivity contribution in [2.45, 2.75) is 33.6 Å². The van der Waals surface area contributed by atoms with E-state index in [1.807, 2.05) is 13.8 Å². The molecule has 0 spiro atoms. The Morgan fingerprint density at radius 3 is 2.00 bits per heavy atom. The van der Waals surface area contributed by atoms with E-state index in [0.29, 0.717) is 5.56 Å². The van der Waals surface area contributed by atoms with Crippen LogP contribution in [0.2, 0.25) is 0 Å². The van der Waals surface area contributed by atoms with E-state index in [9.17, 15) is 23.6 Å². The average molecular weight is 369 g/mol. The van der Waals surface area contributed by atoms with Crippen molar-refractivity contribution in [3.05, 3.63) is 35.6 Å². The summed E-state index contributed by atoms with van der Waals surface area (Å²) in [5.41, 5.74) is 0.311. The van der Waals surface area contributed by atoms with Crippen LogP contribution in [0, 0.1) is 5.82 Å². The largest absolute Gasteiger partial charge is 0.481 e. The first kappa shape index (κ1) is 23.2. The van der Waals surface area contributed by atoms with Crippen LogP contribution in [0.15, 0.2) is 24.3 Å². The quantitative estimate of drug-likeness (QED) is 0.429. The number of hydrogen-bond acceptors (Lipinski definition) is 5. The van der Waals surface area contributed by atoms with E-state index in [-0.39, 0.29) is 24.7 Å². The lowest BCUT2D eigenvalue weighted by Crippen LogP contribution is -2.27. The van der Waals surface area contributed by atoms with E-state index in [1.165, 1.54) is 12.1 Å². The molecule has 0 aromatic heterocycles. The van der Waals surface area contributed by atoms with Gasteiger partial charge in [0, 0.05) is 32.0 Å². The van der Waals surface area contributed by atoms with Gasteiger partial charge in [-0.1, -0.05) is 0 Å². The Kier molecular flexibility index (Phi) is 11.2. The van der Waals surface area contributed by atoms with Crippen LogP contribution in [0.5, 0.6) is 0 Å². The summed E-state index contributed by atoms with van der Waals surface area (Å²) in [6, 6.07) is 4.97. The second-order valence-electron chi connectivity index (χ2n) is 5.16.